The zero-order valence-electron chi connectivity index (χ0n) is 15.2. The minimum Gasteiger partial charge on any atom is -0.352 e. The van der Waals surface area contributed by atoms with Gasteiger partial charge in [0.05, 0.1) is 0 Å². The zero-order valence-corrected chi connectivity index (χ0v) is 15.2. The van der Waals surface area contributed by atoms with Gasteiger partial charge in [-0.15, -0.1) is 0 Å². The third kappa shape index (κ3) is 4.31. The van der Waals surface area contributed by atoms with Crippen LogP contribution in [0.1, 0.15) is 42.9 Å². The zero-order chi connectivity index (χ0) is 17.8. The fourth-order valence-corrected chi connectivity index (χ4v) is 3.94. The number of carbonyl (C=O) groups excluding carboxylic acids is 1. The number of aromatic nitrogens is 1. The van der Waals surface area contributed by atoms with Crippen LogP contribution >= 0.6 is 0 Å². The molecule has 1 unspecified atom stereocenters. The van der Waals surface area contributed by atoms with Crippen molar-refractivity contribution in [3.63, 3.8) is 0 Å². The van der Waals surface area contributed by atoms with E-state index >= 15 is 0 Å². The second kappa shape index (κ2) is 8.00. The van der Waals surface area contributed by atoms with Gasteiger partial charge in [-0.25, -0.2) is 0 Å². The highest BCUT2D eigenvalue weighted by molar-refractivity contribution is 5.83. The number of amides is 1. The summed E-state index contributed by atoms with van der Waals surface area (Å²) in [7, 11) is 0. The Balaban J connectivity index is 1.41. The summed E-state index contributed by atoms with van der Waals surface area (Å²) in [5.41, 5.74) is 2.42. The maximum atomic E-state index is 12.9. The van der Waals surface area contributed by atoms with Crippen molar-refractivity contribution in [2.75, 3.05) is 13.1 Å². The average molecular weight is 349 g/mol. The summed E-state index contributed by atoms with van der Waals surface area (Å²) in [4.78, 5) is 19.5. The molecule has 0 spiro atoms. The summed E-state index contributed by atoms with van der Waals surface area (Å²) in [5, 5.41) is 3.21. The predicted octanol–water partition coefficient (Wildman–Crippen LogP) is 3.36. The van der Waals surface area contributed by atoms with Crippen LogP contribution in [0.5, 0.6) is 0 Å². The lowest BCUT2D eigenvalue weighted by Crippen LogP contribution is -2.45. The molecule has 1 aliphatic heterocycles. The Bertz CT molecular complexity index is 707. The van der Waals surface area contributed by atoms with Crippen molar-refractivity contribution in [2.45, 2.75) is 44.2 Å². The summed E-state index contributed by atoms with van der Waals surface area (Å²) in [6, 6.07) is 14.7. The first-order valence-electron chi connectivity index (χ1n) is 9.78. The highest BCUT2D eigenvalue weighted by Gasteiger charge is 2.34. The molecule has 2 aliphatic rings. The first-order chi connectivity index (χ1) is 12.8. The lowest BCUT2D eigenvalue weighted by Gasteiger charge is -2.37. The van der Waals surface area contributed by atoms with E-state index in [1.54, 1.807) is 0 Å². The van der Waals surface area contributed by atoms with E-state index in [4.69, 9.17) is 0 Å². The third-order valence-corrected chi connectivity index (χ3v) is 5.55. The largest absolute Gasteiger partial charge is 0.352 e. The standard InChI is InChI=1S/C22H27N3O/c26-22(24-20-8-9-20)21(19-6-2-1-3-7-19)25-13-10-17(11-14-25)15-18-5-4-12-23-16-18/h1-7,12,16-17,20-21H,8-11,13-15H2,(H,24,26). The smallest absolute Gasteiger partial charge is 0.242 e. The first-order valence-corrected chi connectivity index (χ1v) is 9.78. The number of rotatable bonds is 6. The molecule has 2 fully saturated rings. The van der Waals surface area contributed by atoms with E-state index in [0.29, 0.717) is 12.0 Å². The van der Waals surface area contributed by atoms with Crippen LogP contribution in [0.4, 0.5) is 0 Å². The lowest BCUT2D eigenvalue weighted by molar-refractivity contribution is -0.127. The van der Waals surface area contributed by atoms with Crippen molar-refractivity contribution in [1.82, 2.24) is 15.2 Å². The molecule has 2 aromatic rings. The van der Waals surface area contributed by atoms with Crippen molar-refractivity contribution >= 4 is 5.91 Å². The maximum absolute atomic E-state index is 12.9. The lowest BCUT2D eigenvalue weighted by atomic mass is 9.89. The minimum atomic E-state index is -0.156. The van der Waals surface area contributed by atoms with Crippen LogP contribution in [0.3, 0.4) is 0 Å². The van der Waals surface area contributed by atoms with Gasteiger partial charge >= 0.3 is 0 Å². The van der Waals surface area contributed by atoms with Crippen molar-refractivity contribution < 1.29 is 4.79 Å². The Kier molecular flexibility index (Phi) is 5.30. The van der Waals surface area contributed by atoms with Crippen LogP contribution in [-0.2, 0) is 11.2 Å². The molecule has 4 rings (SSSR count). The minimum absolute atomic E-state index is 0.156. The van der Waals surface area contributed by atoms with Gasteiger partial charge in [-0.1, -0.05) is 36.4 Å². The molecule has 4 nitrogen and oxygen atoms in total. The summed E-state index contributed by atoms with van der Waals surface area (Å²) in [6.45, 7) is 1.95. The van der Waals surface area contributed by atoms with Gasteiger partial charge in [0.15, 0.2) is 0 Å². The second-order valence-electron chi connectivity index (χ2n) is 7.64. The van der Waals surface area contributed by atoms with Gasteiger partial charge in [0, 0.05) is 18.4 Å². The highest BCUT2D eigenvalue weighted by Crippen LogP contribution is 2.30. The number of nitrogens with one attached hydrogen (secondary N) is 1. The van der Waals surface area contributed by atoms with Crippen LogP contribution in [0.2, 0.25) is 0 Å². The van der Waals surface area contributed by atoms with E-state index in [9.17, 15) is 4.79 Å². The number of pyridine rings is 1. The second-order valence-corrected chi connectivity index (χ2v) is 7.64. The number of hydrogen-bond acceptors (Lipinski definition) is 3. The average Bonchev–Trinajstić information content (AvgIpc) is 3.49. The van der Waals surface area contributed by atoms with E-state index in [2.05, 4.69) is 33.4 Å². The number of likely N-dealkylation sites (tertiary alicyclic amines) is 1. The van der Waals surface area contributed by atoms with Crippen LogP contribution in [0.25, 0.3) is 0 Å². The van der Waals surface area contributed by atoms with E-state index in [1.165, 1.54) is 5.56 Å². The predicted molar refractivity (Wildman–Crippen MR) is 103 cm³/mol. The molecule has 4 heteroatoms. The fraction of sp³-hybridized carbons (Fsp3) is 0.455. The Morgan fingerprint density at radius 1 is 1.08 bits per heavy atom. The number of nitrogens with zero attached hydrogens (tertiary/aromatic N) is 2. The summed E-state index contributed by atoms with van der Waals surface area (Å²) in [5.74, 6) is 0.850. The number of hydrogen-bond donors (Lipinski definition) is 1. The van der Waals surface area contributed by atoms with Crippen molar-refractivity contribution in [3.8, 4) is 0 Å². The SMILES string of the molecule is O=C(NC1CC1)C(c1ccccc1)N1CCC(Cc2cccnc2)CC1. The molecular weight excluding hydrogens is 322 g/mol. The van der Waals surface area contributed by atoms with Crippen molar-refractivity contribution in [1.29, 1.82) is 0 Å². The number of benzene rings is 1. The molecule has 1 N–H and O–H groups in total. The molecule has 1 saturated heterocycles. The quantitative estimate of drug-likeness (QED) is 0.870. The Labute approximate surface area is 155 Å². The highest BCUT2D eigenvalue weighted by atomic mass is 16.2. The van der Waals surface area contributed by atoms with Crippen LogP contribution in [0.15, 0.2) is 54.9 Å². The Morgan fingerprint density at radius 3 is 2.50 bits per heavy atom. The van der Waals surface area contributed by atoms with Gasteiger partial charge in [-0.05, 0) is 68.3 Å². The molecule has 1 amide bonds. The topological polar surface area (TPSA) is 45.2 Å². The molecule has 26 heavy (non-hydrogen) atoms. The van der Waals surface area contributed by atoms with Gasteiger partial charge in [0.1, 0.15) is 6.04 Å². The molecule has 0 bridgehead atoms. The van der Waals surface area contributed by atoms with E-state index < -0.39 is 0 Å². The molecule has 1 saturated carbocycles. The molecule has 136 valence electrons. The monoisotopic (exact) mass is 349 g/mol. The molecular formula is C22H27N3O. The molecule has 1 aromatic heterocycles. The van der Waals surface area contributed by atoms with Gasteiger partial charge in [-0.2, -0.15) is 0 Å². The van der Waals surface area contributed by atoms with Crippen LogP contribution in [0, 0.1) is 5.92 Å². The Morgan fingerprint density at radius 2 is 1.85 bits per heavy atom. The number of carbonyl (C=O) groups is 1. The van der Waals surface area contributed by atoms with E-state index in [-0.39, 0.29) is 11.9 Å². The molecule has 1 aromatic carbocycles. The first kappa shape index (κ1) is 17.2. The molecule has 2 heterocycles. The van der Waals surface area contributed by atoms with Gasteiger partial charge < -0.3 is 5.32 Å². The van der Waals surface area contributed by atoms with Gasteiger partial charge in [0.2, 0.25) is 5.91 Å². The van der Waals surface area contributed by atoms with Crippen molar-refractivity contribution in [2.24, 2.45) is 5.92 Å². The summed E-state index contributed by atoms with van der Waals surface area (Å²) in [6.07, 6.45) is 9.41. The third-order valence-electron chi connectivity index (χ3n) is 5.55. The van der Waals surface area contributed by atoms with E-state index in [1.807, 2.05) is 36.7 Å². The van der Waals surface area contributed by atoms with Crippen molar-refractivity contribution in [3.05, 3.63) is 66.0 Å². The van der Waals surface area contributed by atoms with Gasteiger partial charge in [-0.3, -0.25) is 14.7 Å². The fourth-order valence-electron chi connectivity index (χ4n) is 3.94. The van der Waals surface area contributed by atoms with Crippen LogP contribution in [-0.4, -0.2) is 34.9 Å². The Hall–Kier alpha value is -2.20. The molecule has 1 aliphatic carbocycles. The van der Waals surface area contributed by atoms with Gasteiger partial charge in [0.25, 0.3) is 0 Å². The molecule has 0 radical (unpaired) electrons. The molecule has 1 atom stereocenters. The maximum Gasteiger partial charge on any atom is 0.242 e. The summed E-state index contributed by atoms with van der Waals surface area (Å²) < 4.78 is 0. The summed E-state index contributed by atoms with van der Waals surface area (Å²) >= 11 is 0. The normalized spacial score (nSPS) is 19.8. The van der Waals surface area contributed by atoms with Crippen LogP contribution < -0.4 is 5.32 Å². The van der Waals surface area contributed by atoms with E-state index in [0.717, 1.165) is 50.8 Å². The number of piperidine rings is 1.